The van der Waals surface area contributed by atoms with Crippen LogP contribution in [0.5, 0.6) is 11.5 Å². The minimum atomic E-state index is -0.120. The van der Waals surface area contributed by atoms with Gasteiger partial charge < -0.3 is 19.5 Å². The summed E-state index contributed by atoms with van der Waals surface area (Å²) in [5.74, 6) is 1.59. The normalized spacial score (nSPS) is 16.9. The van der Waals surface area contributed by atoms with Crippen molar-refractivity contribution in [2.75, 3.05) is 4.90 Å². The molecule has 2 aromatic heterocycles. The molecule has 1 fully saturated rings. The lowest BCUT2D eigenvalue weighted by Gasteiger charge is -2.29. The summed E-state index contributed by atoms with van der Waals surface area (Å²) in [6.07, 6.45) is 3.94. The fourth-order valence-electron chi connectivity index (χ4n) is 5.00. The van der Waals surface area contributed by atoms with Crippen molar-refractivity contribution < 1.29 is 4.74 Å². The van der Waals surface area contributed by atoms with Gasteiger partial charge in [0.05, 0.1) is 11.7 Å². The van der Waals surface area contributed by atoms with E-state index in [1.165, 1.54) is 11.1 Å². The van der Waals surface area contributed by atoms with E-state index >= 15 is 0 Å². The molecule has 3 aromatic carbocycles. The molecular formula is C32H28N4OS. The Hall–Kier alpha value is -4.42. The van der Waals surface area contributed by atoms with Crippen molar-refractivity contribution in [3.63, 3.8) is 0 Å². The molecule has 188 valence electrons. The number of pyridine rings is 1. The summed E-state index contributed by atoms with van der Waals surface area (Å²) in [7, 11) is 0. The molecule has 5 nitrogen and oxygen atoms in total. The minimum absolute atomic E-state index is 0.114. The summed E-state index contributed by atoms with van der Waals surface area (Å²) in [5.41, 5.74) is 6.58. The van der Waals surface area contributed by atoms with Crippen LogP contribution in [0.2, 0.25) is 0 Å². The van der Waals surface area contributed by atoms with Crippen molar-refractivity contribution in [3.8, 4) is 17.2 Å². The maximum absolute atomic E-state index is 6.07. The van der Waals surface area contributed by atoms with Gasteiger partial charge in [-0.1, -0.05) is 35.9 Å². The molecule has 1 aliphatic rings. The standard InChI is InChI=1S/C32H28N4OS/c1-22-11-15-26(16-12-22)37-27-17-13-24(14-18-27)36-31(30(34-32(36)38)28-9-3-4-19-33-28)29-10-6-20-35(29)25-8-5-7-23(2)21-25/h3-21,30-31H,1-2H3,(H,34,38)/t30-,31+/m1/s1. The first-order valence-electron chi connectivity index (χ1n) is 12.7. The van der Waals surface area contributed by atoms with Crippen LogP contribution < -0.4 is 15.0 Å². The SMILES string of the molecule is Cc1ccc(Oc2ccc(N3C(=S)N[C@H](c4ccccn4)[C@@H]3c3cccn3-c3cccc(C)c3)cc2)cc1. The first-order chi connectivity index (χ1) is 18.6. The topological polar surface area (TPSA) is 42.3 Å². The van der Waals surface area contributed by atoms with E-state index in [4.69, 9.17) is 17.0 Å². The first kappa shape index (κ1) is 23.9. The largest absolute Gasteiger partial charge is 0.457 e. The molecule has 38 heavy (non-hydrogen) atoms. The summed E-state index contributed by atoms with van der Waals surface area (Å²) >= 11 is 5.93. The Balaban J connectivity index is 1.39. The summed E-state index contributed by atoms with van der Waals surface area (Å²) in [5, 5.41) is 4.22. The first-order valence-corrected chi connectivity index (χ1v) is 13.1. The lowest BCUT2D eigenvalue weighted by Crippen LogP contribution is -2.30. The summed E-state index contributed by atoms with van der Waals surface area (Å²) in [4.78, 5) is 6.88. The Morgan fingerprint density at radius 3 is 2.24 bits per heavy atom. The van der Waals surface area contributed by atoms with Crippen molar-refractivity contribution in [1.29, 1.82) is 0 Å². The summed E-state index contributed by atoms with van der Waals surface area (Å²) in [6, 6.07) is 34.7. The highest BCUT2D eigenvalue weighted by Crippen LogP contribution is 2.42. The minimum Gasteiger partial charge on any atom is -0.457 e. The van der Waals surface area contributed by atoms with Gasteiger partial charge in [-0.25, -0.2) is 0 Å². The van der Waals surface area contributed by atoms with Gasteiger partial charge in [0.25, 0.3) is 0 Å². The van der Waals surface area contributed by atoms with Gasteiger partial charge in [-0.15, -0.1) is 0 Å². The highest BCUT2D eigenvalue weighted by Gasteiger charge is 2.42. The van der Waals surface area contributed by atoms with E-state index in [2.05, 4.69) is 94.4 Å². The second-order valence-corrected chi connectivity index (χ2v) is 9.93. The molecule has 0 radical (unpaired) electrons. The van der Waals surface area contributed by atoms with E-state index in [-0.39, 0.29) is 12.1 Å². The van der Waals surface area contributed by atoms with Crippen LogP contribution in [-0.2, 0) is 0 Å². The van der Waals surface area contributed by atoms with Crippen LogP contribution in [0.3, 0.4) is 0 Å². The number of hydrogen-bond donors (Lipinski definition) is 1. The van der Waals surface area contributed by atoms with Crippen molar-refractivity contribution in [1.82, 2.24) is 14.9 Å². The van der Waals surface area contributed by atoms with Crippen LogP contribution in [-0.4, -0.2) is 14.7 Å². The van der Waals surface area contributed by atoms with Gasteiger partial charge in [0, 0.05) is 29.5 Å². The van der Waals surface area contributed by atoms with Gasteiger partial charge in [-0.2, -0.15) is 0 Å². The quantitative estimate of drug-likeness (QED) is 0.237. The van der Waals surface area contributed by atoms with E-state index in [1.807, 2.05) is 54.7 Å². The van der Waals surface area contributed by atoms with E-state index in [0.717, 1.165) is 34.3 Å². The third kappa shape index (κ3) is 4.66. The molecular weight excluding hydrogens is 488 g/mol. The van der Waals surface area contributed by atoms with Crippen LogP contribution in [0.4, 0.5) is 5.69 Å². The van der Waals surface area contributed by atoms with Gasteiger partial charge >= 0.3 is 0 Å². The summed E-state index contributed by atoms with van der Waals surface area (Å²) < 4.78 is 8.32. The smallest absolute Gasteiger partial charge is 0.174 e. The monoisotopic (exact) mass is 516 g/mol. The third-order valence-corrected chi connectivity index (χ3v) is 7.15. The van der Waals surface area contributed by atoms with E-state index < -0.39 is 0 Å². The van der Waals surface area contributed by atoms with Gasteiger partial charge in [0.2, 0.25) is 0 Å². The number of anilines is 1. The number of ether oxygens (including phenoxy) is 1. The van der Waals surface area contributed by atoms with Crippen LogP contribution in [0.1, 0.15) is 34.6 Å². The highest BCUT2D eigenvalue weighted by atomic mass is 32.1. The molecule has 1 aliphatic heterocycles. The molecule has 0 bridgehead atoms. The molecule has 3 heterocycles. The van der Waals surface area contributed by atoms with Gasteiger partial charge in [0.15, 0.2) is 5.11 Å². The second-order valence-electron chi connectivity index (χ2n) is 9.55. The number of hydrogen-bond acceptors (Lipinski definition) is 3. The fraction of sp³-hybridized carbons (Fsp3) is 0.125. The highest BCUT2D eigenvalue weighted by molar-refractivity contribution is 7.80. The Bertz CT molecular complexity index is 1560. The number of thiocarbonyl (C=S) groups is 1. The molecule has 0 unspecified atom stereocenters. The fourth-order valence-corrected chi connectivity index (χ4v) is 5.34. The molecule has 1 saturated heterocycles. The predicted molar refractivity (Wildman–Crippen MR) is 156 cm³/mol. The van der Waals surface area contributed by atoms with Gasteiger partial charge in [0.1, 0.15) is 17.5 Å². The molecule has 6 rings (SSSR count). The zero-order chi connectivity index (χ0) is 26.1. The lowest BCUT2D eigenvalue weighted by molar-refractivity contribution is 0.482. The number of benzene rings is 3. The van der Waals surface area contributed by atoms with Crippen LogP contribution in [0, 0.1) is 13.8 Å². The average molecular weight is 517 g/mol. The molecule has 0 aliphatic carbocycles. The molecule has 1 N–H and O–H groups in total. The van der Waals surface area contributed by atoms with E-state index in [1.54, 1.807) is 0 Å². The van der Waals surface area contributed by atoms with Crippen molar-refractivity contribution in [3.05, 3.63) is 138 Å². The van der Waals surface area contributed by atoms with Crippen molar-refractivity contribution in [2.45, 2.75) is 25.9 Å². The molecule has 6 heteroatoms. The molecule has 5 aromatic rings. The van der Waals surface area contributed by atoms with Crippen molar-refractivity contribution >= 4 is 23.0 Å². The molecule has 0 amide bonds. The van der Waals surface area contributed by atoms with Crippen molar-refractivity contribution in [2.24, 2.45) is 0 Å². The van der Waals surface area contributed by atoms with Gasteiger partial charge in [-0.3, -0.25) is 4.98 Å². The van der Waals surface area contributed by atoms with E-state index in [0.29, 0.717) is 5.11 Å². The number of rotatable bonds is 6. The summed E-state index contributed by atoms with van der Waals surface area (Å²) in [6.45, 7) is 4.18. The molecule has 2 atom stereocenters. The molecule has 0 saturated carbocycles. The Morgan fingerprint density at radius 2 is 1.53 bits per heavy atom. The Morgan fingerprint density at radius 1 is 0.763 bits per heavy atom. The number of aryl methyl sites for hydroxylation is 2. The number of aromatic nitrogens is 2. The second kappa shape index (κ2) is 10.1. The zero-order valence-corrected chi connectivity index (χ0v) is 22.1. The van der Waals surface area contributed by atoms with Crippen LogP contribution in [0.15, 0.2) is 116 Å². The van der Waals surface area contributed by atoms with Gasteiger partial charge in [-0.05, 0) is 104 Å². The maximum atomic E-state index is 6.07. The number of nitrogens with zero attached hydrogens (tertiary/aromatic N) is 3. The Kier molecular flexibility index (Phi) is 6.40. The third-order valence-electron chi connectivity index (χ3n) is 6.83. The number of nitrogens with one attached hydrogen (secondary N) is 1. The Labute approximate surface area is 228 Å². The average Bonchev–Trinajstić information content (AvgIpc) is 3.55. The lowest BCUT2D eigenvalue weighted by atomic mass is 10.0. The molecule has 0 spiro atoms. The predicted octanol–water partition coefficient (Wildman–Crippen LogP) is 7.46. The maximum Gasteiger partial charge on any atom is 0.174 e. The van der Waals surface area contributed by atoms with E-state index in [9.17, 15) is 0 Å². The van der Waals surface area contributed by atoms with Crippen LogP contribution in [0.25, 0.3) is 5.69 Å². The van der Waals surface area contributed by atoms with Crippen LogP contribution >= 0.6 is 12.2 Å². The zero-order valence-electron chi connectivity index (χ0n) is 21.3.